The van der Waals surface area contributed by atoms with E-state index in [-0.39, 0.29) is 5.75 Å². The number of rotatable bonds is 13. The second-order valence-corrected chi connectivity index (χ2v) is 11.2. The molecule has 0 saturated heterocycles. The molecule has 0 saturated carbocycles. The Morgan fingerprint density at radius 1 is 0.886 bits per heavy atom. The fourth-order valence-corrected chi connectivity index (χ4v) is 5.30. The van der Waals surface area contributed by atoms with Gasteiger partial charge in [0.05, 0.1) is 0 Å². The fourth-order valence-electron chi connectivity index (χ4n) is 4.83. The topological polar surface area (TPSA) is 78.9 Å². The summed E-state index contributed by atoms with van der Waals surface area (Å²) in [6.07, 6.45) is -2.58. The number of carboxylic acids is 1. The molecule has 2 N–H and O–H groups in total. The van der Waals surface area contributed by atoms with Gasteiger partial charge in [-0.3, -0.25) is 4.79 Å². The van der Waals surface area contributed by atoms with Crippen LogP contribution in [0.2, 0.25) is 0 Å². The number of hydrogen-bond acceptors (Lipinski definition) is 5. The van der Waals surface area contributed by atoms with Gasteiger partial charge in [0.2, 0.25) is 0 Å². The van der Waals surface area contributed by atoms with Crippen molar-refractivity contribution < 1.29 is 32.6 Å². The van der Waals surface area contributed by atoms with Crippen molar-refractivity contribution in [2.24, 2.45) is 0 Å². The summed E-state index contributed by atoms with van der Waals surface area (Å²) in [5.41, 5.74) is 5.42. The first-order chi connectivity index (χ1) is 21.0. The van der Waals surface area contributed by atoms with E-state index in [1.807, 2.05) is 79.9 Å². The van der Waals surface area contributed by atoms with Crippen LogP contribution in [0, 0.1) is 6.92 Å². The average molecular weight is 623 g/mol. The second kappa shape index (κ2) is 14.8. The number of aryl methyl sites for hydroxylation is 1. The van der Waals surface area contributed by atoms with Gasteiger partial charge in [-0.15, -0.1) is 13.2 Å². The van der Waals surface area contributed by atoms with Crippen LogP contribution in [0.3, 0.4) is 0 Å². The number of carboxylic acid groups (broad SMARTS) is 1. The smallest absolute Gasteiger partial charge is 0.480 e. The first kappa shape index (κ1) is 32.5. The molecule has 4 rings (SSSR count). The van der Waals surface area contributed by atoms with Crippen molar-refractivity contribution >= 4 is 29.3 Å². The van der Waals surface area contributed by atoms with Crippen LogP contribution in [0.4, 0.5) is 18.9 Å². The van der Waals surface area contributed by atoms with Crippen molar-refractivity contribution in [3.05, 3.63) is 119 Å². The fraction of sp³-hybridized carbons (Fsp3) is 0.235. The van der Waals surface area contributed by atoms with E-state index in [1.54, 1.807) is 18.2 Å². The highest BCUT2D eigenvalue weighted by atomic mass is 32.2. The highest BCUT2D eigenvalue weighted by Gasteiger charge is 2.31. The highest BCUT2D eigenvalue weighted by molar-refractivity contribution is 7.98. The first-order valence-electron chi connectivity index (χ1n) is 13.9. The summed E-state index contributed by atoms with van der Waals surface area (Å²) < 4.78 is 41.9. The van der Waals surface area contributed by atoms with Crippen molar-refractivity contribution in [2.75, 3.05) is 16.9 Å². The Morgan fingerprint density at radius 3 is 2.16 bits per heavy atom. The lowest BCUT2D eigenvalue weighted by atomic mass is 9.93. The molecule has 1 amide bonds. The lowest BCUT2D eigenvalue weighted by Crippen LogP contribution is -2.41. The molecule has 0 heterocycles. The molecule has 0 aromatic heterocycles. The van der Waals surface area contributed by atoms with Crippen molar-refractivity contribution in [1.82, 2.24) is 5.32 Å². The molecule has 1 atom stereocenters. The molecule has 0 bridgehead atoms. The van der Waals surface area contributed by atoms with E-state index in [0.29, 0.717) is 36.4 Å². The minimum Gasteiger partial charge on any atom is -0.480 e. The van der Waals surface area contributed by atoms with Crippen LogP contribution in [0.1, 0.15) is 33.5 Å². The number of nitrogens with zero attached hydrogens (tertiary/aromatic N) is 1. The lowest BCUT2D eigenvalue weighted by molar-refractivity contribution is -0.274. The number of anilines is 1. The van der Waals surface area contributed by atoms with Crippen molar-refractivity contribution in [3.8, 4) is 16.9 Å². The zero-order chi connectivity index (χ0) is 31.7. The third-order valence-corrected chi connectivity index (χ3v) is 7.65. The van der Waals surface area contributed by atoms with Crippen molar-refractivity contribution in [1.29, 1.82) is 0 Å². The number of hydrogen-bond donors (Lipinski definition) is 2. The van der Waals surface area contributed by atoms with Crippen LogP contribution in [0.25, 0.3) is 11.1 Å². The summed E-state index contributed by atoms with van der Waals surface area (Å²) in [7, 11) is 0. The van der Waals surface area contributed by atoms with Crippen LogP contribution in [-0.4, -0.2) is 41.4 Å². The quantitative estimate of drug-likeness (QED) is 0.159. The Hall–Kier alpha value is -4.44. The van der Waals surface area contributed by atoms with E-state index >= 15 is 0 Å². The van der Waals surface area contributed by atoms with Gasteiger partial charge in [0.25, 0.3) is 5.91 Å². The number of alkyl halides is 3. The Bertz CT molecular complexity index is 1560. The minimum absolute atomic E-state index is 0.289. The number of nitrogens with one attached hydrogen (secondary N) is 1. The molecule has 0 aliphatic rings. The number of aliphatic carboxylic acids is 1. The second-order valence-electron chi connectivity index (χ2n) is 10.2. The molecule has 0 spiro atoms. The molecule has 44 heavy (non-hydrogen) atoms. The number of carbonyl (C=O) groups is 2. The molecule has 0 radical (unpaired) electrons. The third kappa shape index (κ3) is 9.03. The summed E-state index contributed by atoms with van der Waals surface area (Å²) in [5, 5.41) is 12.4. The highest BCUT2D eigenvalue weighted by Crippen LogP contribution is 2.30. The van der Waals surface area contributed by atoms with Crippen LogP contribution < -0.4 is 15.0 Å². The molecule has 0 aliphatic carbocycles. The maximum absolute atomic E-state index is 13.5. The average Bonchev–Trinajstić information content (AvgIpc) is 2.99. The predicted molar refractivity (Wildman–Crippen MR) is 168 cm³/mol. The molecular formula is C34H33F3N2O4S. The van der Waals surface area contributed by atoms with E-state index in [2.05, 4.69) is 15.0 Å². The van der Waals surface area contributed by atoms with Gasteiger partial charge in [-0.05, 0) is 89.6 Å². The third-order valence-electron chi connectivity index (χ3n) is 7.00. The summed E-state index contributed by atoms with van der Waals surface area (Å²) in [6, 6.07) is 27.5. The summed E-state index contributed by atoms with van der Waals surface area (Å²) in [6.45, 7) is 2.77. The van der Waals surface area contributed by atoms with E-state index in [0.717, 1.165) is 27.9 Å². The number of carbonyl (C=O) groups excluding carboxylic acids is 1. The zero-order valence-corrected chi connectivity index (χ0v) is 25.1. The molecule has 230 valence electrons. The molecule has 4 aromatic rings. The monoisotopic (exact) mass is 622 g/mol. The van der Waals surface area contributed by atoms with E-state index < -0.39 is 24.3 Å². The number of halogens is 3. The maximum atomic E-state index is 13.5. The van der Waals surface area contributed by atoms with E-state index in [4.69, 9.17) is 0 Å². The SMILES string of the molecule is CSCCC(NC(=O)c1ccc(CN(Cc2ccc(OC(F)(F)F)cc2)c2ccccc2)cc1-c1ccccc1C)C(=O)O. The number of para-hydroxylation sites is 1. The molecule has 6 nitrogen and oxygen atoms in total. The van der Waals surface area contributed by atoms with Gasteiger partial charge in [-0.25, -0.2) is 4.79 Å². The van der Waals surface area contributed by atoms with Crippen molar-refractivity contribution in [2.45, 2.75) is 38.8 Å². The van der Waals surface area contributed by atoms with Gasteiger partial charge in [0.15, 0.2) is 0 Å². The number of benzene rings is 4. The van der Waals surface area contributed by atoms with Crippen LogP contribution in [0.5, 0.6) is 5.75 Å². The Kier molecular flexibility index (Phi) is 10.9. The summed E-state index contributed by atoms with van der Waals surface area (Å²) in [5.74, 6) is -1.25. The van der Waals surface area contributed by atoms with Crippen molar-refractivity contribution in [3.63, 3.8) is 0 Å². The molecular weight excluding hydrogens is 589 g/mol. The van der Waals surface area contributed by atoms with Gasteiger partial charge in [0.1, 0.15) is 11.8 Å². The molecule has 0 fully saturated rings. The first-order valence-corrected chi connectivity index (χ1v) is 15.3. The predicted octanol–water partition coefficient (Wildman–Crippen LogP) is 7.70. The molecule has 1 unspecified atom stereocenters. The van der Waals surface area contributed by atoms with Gasteiger partial charge >= 0.3 is 12.3 Å². The molecule has 0 aliphatic heterocycles. The van der Waals surface area contributed by atoms with Crippen LogP contribution in [-0.2, 0) is 17.9 Å². The van der Waals surface area contributed by atoms with Gasteiger partial charge in [0, 0.05) is 24.3 Å². The van der Waals surface area contributed by atoms with Crippen LogP contribution >= 0.6 is 11.8 Å². The molecule has 10 heteroatoms. The van der Waals surface area contributed by atoms with E-state index in [1.165, 1.54) is 23.9 Å². The van der Waals surface area contributed by atoms with E-state index in [9.17, 15) is 27.9 Å². The number of thioether (sulfide) groups is 1. The number of amides is 1. The minimum atomic E-state index is -4.77. The summed E-state index contributed by atoms with van der Waals surface area (Å²) >= 11 is 1.51. The van der Waals surface area contributed by atoms with Crippen LogP contribution in [0.15, 0.2) is 97.1 Å². The Labute approximate surface area is 258 Å². The standard InChI is InChI=1S/C34H33F3N2O4S/c1-23-8-6-7-11-28(23)30-20-25(14-17-29(30)32(40)38-31(33(41)42)18-19-44-2)22-39(26-9-4-3-5-10-26)21-24-12-15-27(16-13-24)43-34(35,36)37/h3-17,20,31H,18-19,21-22H2,1-2H3,(H,38,40)(H,41,42). The number of ether oxygens (including phenoxy) is 1. The zero-order valence-electron chi connectivity index (χ0n) is 24.3. The normalized spacial score (nSPS) is 11.9. The largest absolute Gasteiger partial charge is 0.573 e. The van der Waals surface area contributed by atoms with Gasteiger partial charge < -0.3 is 20.1 Å². The lowest BCUT2D eigenvalue weighted by Gasteiger charge is -2.26. The maximum Gasteiger partial charge on any atom is 0.573 e. The molecule has 4 aromatic carbocycles. The Balaban J connectivity index is 1.67. The van der Waals surface area contributed by atoms with Gasteiger partial charge in [-0.2, -0.15) is 11.8 Å². The Morgan fingerprint density at radius 2 is 1.52 bits per heavy atom. The van der Waals surface area contributed by atoms with Gasteiger partial charge in [-0.1, -0.05) is 60.7 Å². The summed E-state index contributed by atoms with van der Waals surface area (Å²) in [4.78, 5) is 27.4.